The number of ether oxygens (including phenoxy) is 1. The monoisotopic (exact) mass is 203 g/mol. The van der Waals surface area contributed by atoms with Gasteiger partial charge in [0.1, 0.15) is 0 Å². The molecule has 1 aromatic rings. The van der Waals surface area contributed by atoms with Crippen LogP contribution < -0.4 is 0 Å². The van der Waals surface area contributed by atoms with Crippen molar-refractivity contribution in [3.63, 3.8) is 0 Å². The summed E-state index contributed by atoms with van der Waals surface area (Å²) in [5.41, 5.74) is 0.231. The van der Waals surface area contributed by atoms with Crippen molar-refractivity contribution in [1.29, 1.82) is 0 Å². The van der Waals surface area contributed by atoms with Gasteiger partial charge < -0.3 is 4.74 Å². The average molecular weight is 204 g/mol. The molecule has 0 unspecified atom stereocenters. The number of carbonyl (C=O) groups is 1. The van der Waals surface area contributed by atoms with Crippen LogP contribution in [0, 0.1) is 6.07 Å². The molecule has 0 N–H and O–H groups in total. The first-order valence-corrected chi connectivity index (χ1v) is 3.86. The molecule has 0 fully saturated rings. The number of benzene rings is 1. The summed E-state index contributed by atoms with van der Waals surface area (Å²) < 4.78 is 4.46. The zero-order valence-corrected chi connectivity index (χ0v) is 7.74. The zero-order chi connectivity index (χ0) is 9.14. The Kier molecular flexibility index (Phi) is 2.95. The highest BCUT2D eigenvalue weighted by Gasteiger charge is 2.07. The summed E-state index contributed by atoms with van der Waals surface area (Å²) in [6.45, 7) is 0. The molecular formula is C8H5Cl2O2. The van der Waals surface area contributed by atoms with E-state index in [2.05, 4.69) is 10.8 Å². The maximum Gasteiger partial charge on any atom is 0.338 e. The van der Waals surface area contributed by atoms with E-state index >= 15 is 0 Å². The van der Waals surface area contributed by atoms with E-state index in [0.29, 0.717) is 10.0 Å². The predicted molar refractivity (Wildman–Crippen MR) is 46.6 cm³/mol. The van der Waals surface area contributed by atoms with Crippen molar-refractivity contribution in [2.75, 3.05) is 7.11 Å². The molecule has 0 heterocycles. The normalized spacial score (nSPS) is 9.58. The van der Waals surface area contributed by atoms with E-state index in [1.54, 1.807) is 0 Å². The standard InChI is InChI=1S/C8H5Cl2O2/c1-12-8(11)5-2-6(9)4-7(10)3-5/h2,4H,1H3. The van der Waals surface area contributed by atoms with Crippen molar-refractivity contribution < 1.29 is 9.53 Å². The second kappa shape index (κ2) is 3.78. The molecule has 0 spiro atoms. The predicted octanol–water partition coefficient (Wildman–Crippen LogP) is 2.58. The third-order valence-electron chi connectivity index (χ3n) is 1.21. The summed E-state index contributed by atoms with van der Waals surface area (Å²) in [6, 6.07) is 5.54. The number of carbonyl (C=O) groups excluding carboxylic acids is 1. The third kappa shape index (κ3) is 2.13. The molecule has 63 valence electrons. The van der Waals surface area contributed by atoms with Crippen molar-refractivity contribution in [2.45, 2.75) is 0 Å². The summed E-state index contributed by atoms with van der Waals surface area (Å²) in [4.78, 5) is 10.9. The first-order valence-electron chi connectivity index (χ1n) is 3.10. The van der Waals surface area contributed by atoms with Gasteiger partial charge in [0.25, 0.3) is 0 Å². The molecule has 0 atom stereocenters. The van der Waals surface area contributed by atoms with Crippen molar-refractivity contribution >= 4 is 29.2 Å². The largest absolute Gasteiger partial charge is 0.465 e. The molecule has 0 aliphatic rings. The molecule has 0 aromatic heterocycles. The Morgan fingerprint density at radius 2 is 2.17 bits per heavy atom. The van der Waals surface area contributed by atoms with Crippen LogP contribution in [0.5, 0.6) is 0 Å². The molecule has 4 heteroatoms. The van der Waals surface area contributed by atoms with E-state index in [-0.39, 0.29) is 5.56 Å². The summed E-state index contributed by atoms with van der Waals surface area (Å²) in [5, 5.41) is 0.682. The quantitative estimate of drug-likeness (QED) is 0.657. The van der Waals surface area contributed by atoms with Crippen molar-refractivity contribution in [3.05, 3.63) is 33.8 Å². The Morgan fingerprint density at radius 3 is 2.67 bits per heavy atom. The van der Waals surface area contributed by atoms with Crippen molar-refractivity contribution in [2.24, 2.45) is 0 Å². The maximum absolute atomic E-state index is 10.9. The number of hydrogen-bond donors (Lipinski definition) is 0. The van der Waals surface area contributed by atoms with Gasteiger partial charge in [-0.15, -0.1) is 0 Å². The first-order chi connectivity index (χ1) is 5.63. The van der Waals surface area contributed by atoms with Gasteiger partial charge in [0.15, 0.2) is 0 Å². The van der Waals surface area contributed by atoms with Gasteiger partial charge in [-0.3, -0.25) is 0 Å². The summed E-state index contributed by atoms with van der Waals surface area (Å²) in [7, 11) is 1.28. The zero-order valence-electron chi connectivity index (χ0n) is 6.23. The van der Waals surface area contributed by atoms with Crippen LogP contribution in [0.3, 0.4) is 0 Å². The number of rotatable bonds is 1. The minimum atomic E-state index is -0.501. The second-order valence-corrected chi connectivity index (χ2v) is 2.90. The van der Waals surface area contributed by atoms with Gasteiger partial charge in [-0.25, -0.2) is 4.79 Å². The van der Waals surface area contributed by atoms with Crippen molar-refractivity contribution in [3.8, 4) is 0 Å². The third-order valence-corrected chi connectivity index (χ3v) is 1.63. The molecule has 0 aliphatic heterocycles. The van der Waals surface area contributed by atoms with E-state index in [0.717, 1.165) is 0 Å². The molecule has 0 amide bonds. The van der Waals surface area contributed by atoms with Crippen LogP contribution in [0.2, 0.25) is 10.0 Å². The Labute approximate surface area is 80.0 Å². The molecule has 0 aliphatic carbocycles. The molecular weight excluding hydrogens is 199 g/mol. The van der Waals surface area contributed by atoms with E-state index in [4.69, 9.17) is 23.2 Å². The minimum Gasteiger partial charge on any atom is -0.465 e. The smallest absolute Gasteiger partial charge is 0.338 e. The Morgan fingerprint density at radius 1 is 1.50 bits per heavy atom. The van der Waals surface area contributed by atoms with Crippen LogP contribution in [-0.4, -0.2) is 13.1 Å². The van der Waals surface area contributed by atoms with Gasteiger partial charge in [-0.1, -0.05) is 23.2 Å². The van der Waals surface area contributed by atoms with Crippen LogP contribution in [0.15, 0.2) is 12.1 Å². The van der Waals surface area contributed by atoms with E-state index in [1.807, 2.05) is 0 Å². The molecule has 0 saturated carbocycles. The van der Waals surface area contributed by atoms with Gasteiger partial charge in [0.2, 0.25) is 0 Å². The molecule has 1 rings (SSSR count). The molecule has 0 bridgehead atoms. The minimum absolute atomic E-state index is 0.231. The van der Waals surface area contributed by atoms with Gasteiger partial charge in [-0.05, 0) is 12.1 Å². The Bertz CT molecular complexity index is 290. The number of methoxy groups -OCH3 is 1. The summed E-state index contributed by atoms with van der Waals surface area (Å²) >= 11 is 11.2. The summed E-state index contributed by atoms with van der Waals surface area (Å²) in [6.07, 6.45) is 0. The van der Waals surface area contributed by atoms with Crippen LogP contribution in [0.1, 0.15) is 10.4 Å². The lowest BCUT2D eigenvalue weighted by molar-refractivity contribution is 0.0600. The van der Waals surface area contributed by atoms with Crippen LogP contribution >= 0.6 is 23.2 Å². The molecule has 2 nitrogen and oxygen atoms in total. The number of halogens is 2. The van der Waals surface area contributed by atoms with Crippen LogP contribution in [0.4, 0.5) is 0 Å². The highest BCUT2D eigenvalue weighted by Crippen LogP contribution is 2.18. The second-order valence-electron chi connectivity index (χ2n) is 2.05. The molecule has 12 heavy (non-hydrogen) atoms. The highest BCUT2D eigenvalue weighted by atomic mass is 35.5. The lowest BCUT2D eigenvalue weighted by atomic mass is 10.2. The maximum atomic E-state index is 10.9. The van der Waals surface area contributed by atoms with Gasteiger partial charge in [-0.2, -0.15) is 0 Å². The topological polar surface area (TPSA) is 26.3 Å². The molecule has 0 saturated heterocycles. The Hall–Kier alpha value is -0.730. The fraction of sp³-hybridized carbons (Fsp3) is 0.125. The van der Waals surface area contributed by atoms with Gasteiger partial charge in [0, 0.05) is 11.1 Å². The van der Waals surface area contributed by atoms with Crippen LogP contribution in [-0.2, 0) is 4.74 Å². The van der Waals surface area contributed by atoms with Crippen molar-refractivity contribution in [1.82, 2.24) is 0 Å². The number of hydrogen-bond acceptors (Lipinski definition) is 2. The highest BCUT2D eigenvalue weighted by molar-refractivity contribution is 6.35. The summed E-state index contributed by atoms with van der Waals surface area (Å²) in [5.74, 6) is -0.501. The van der Waals surface area contributed by atoms with Gasteiger partial charge in [0.05, 0.1) is 17.7 Å². The first kappa shape index (κ1) is 9.36. The Balaban J connectivity index is 3.08. The molecule has 1 radical (unpaired) electrons. The van der Waals surface area contributed by atoms with E-state index in [1.165, 1.54) is 19.2 Å². The fourth-order valence-electron chi connectivity index (χ4n) is 0.721. The van der Waals surface area contributed by atoms with E-state index < -0.39 is 5.97 Å². The fourth-order valence-corrected chi connectivity index (χ4v) is 1.21. The molecule has 1 aromatic carbocycles. The van der Waals surface area contributed by atoms with Crippen LogP contribution in [0.25, 0.3) is 0 Å². The average Bonchev–Trinajstić information content (AvgIpc) is 2.01. The van der Waals surface area contributed by atoms with E-state index in [9.17, 15) is 4.79 Å². The lowest BCUT2D eigenvalue weighted by Crippen LogP contribution is -2.00. The number of esters is 1. The lowest BCUT2D eigenvalue weighted by Gasteiger charge is -1.99. The van der Waals surface area contributed by atoms with Gasteiger partial charge >= 0.3 is 5.97 Å². The SMILES string of the molecule is COC(=O)c1[c]c(Cl)cc(Cl)c1.